The highest BCUT2D eigenvalue weighted by Gasteiger charge is 2.22. The molecule has 0 atom stereocenters. The molecule has 0 aliphatic carbocycles. The molecule has 29 heavy (non-hydrogen) atoms. The third-order valence-electron chi connectivity index (χ3n) is 6.12. The third kappa shape index (κ3) is 5.37. The predicted octanol–water partition coefficient (Wildman–Crippen LogP) is 2.66. The van der Waals surface area contributed by atoms with Crippen LogP contribution in [0.25, 0.3) is 0 Å². The van der Waals surface area contributed by atoms with Gasteiger partial charge in [-0.25, -0.2) is 0 Å². The monoisotopic (exact) mass is 392 g/mol. The molecule has 2 aliphatic rings. The summed E-state index contributed by atoms with van der Waals surface area (Å²) in [6.45, 7) is 10.5. The van der Waals surface area contributed by atoms with E-state index in [1.54, 1.807) is 0 Å². The standard InChI is InChI=1S/C24H32N4O/c29-24(22-8-3-1-4-9-22)28-20-16-26(17-21-28)13-7-12-25-14-18-27(19-15-25)23-10-5-2-6-11-23/h1-6,8-11H,7,12-21H2. The molecule has 0 N–H and O–H groups in total. The van der Waals surface area contributed by atoms with E-state index in [2.05, 4.69) is 45.0 Å². The van der Waals surface area contributed by atoms with Crippen LogP contribution in [0.3, 0.4) is 0 Å². The van der Waals surface area contributed by atoms with E-state index in [-0.39, 0.29) is 5.91 Å². The van der Waals surface area contributed by atoms with Gasteiger partial charge in [0.25, 0.3) is 5.91 Å². The molecule has 2 saturated heterocycles. The van der Waals surface area contributed by atoms with Crippen LogP contribution >= 0.6 is 0 Å². The fourth-order valence-corrected chi connectivity index (χ4v) is 4.32. The van der Waals surface area contributed by atoms with Crippen molar-refractivity contribution in [2.24, 2.45) is 0 Å². The van der Waals surface area contributed by atoms with E-state index in [1.807, 2.05) is 35.2 Å². The highest BCUT2D eigenvalue weighted by Crippen LogP contribution is 2.16. The number of carbonyl (C=O) groups is 1. The van der Waals surface area contributed by atoms with Crippen molar-refractivity contribution in [2.45, 2.75) is 6.42 Å². The lowest BCUT2D eigenvalue weighted by Crippen LogP contribution is -2.50. The Morgan fingerprint density at radius 2 is 1.17 bits per heavy atom. The van der Waals surface area contributed by atoms with Gasteiger partial charge >= 0.3 is 0 Å². The lowest BCUT2D eigenvalue weighted by atomic mass is 10.2. The predicted molar refractivity (Wildman–Crippen MR) is 118 cm³/mol. The number of piperazine rings is 2. The first-order chi connectivity index (χ1) is 14.3. The van der Waals surface area contributed by atoms with Gasteiger partial charge in [0.05, 0.1) is 0 Å². The minimum Gasteiger partial charge on any atom is -0.369 e. The van der Waals surface area contributed by atoms with Gasteiger partial charge in [-0.1, -0.05) is 36.4 Å². The Hall–Kier alpha value is -2.37. The molecule has 2 heterocycles. The van der Waals surface area contributed by atoms with Crippen LogP contribution in [0.15, 0.2) is 60.7 Å². The molecule has 0 bridgehead atoms. The van der Waals surface area contributed by atoms with Crippen LogP contribution in [0.2, 0.25) is 0 Å². The molecule has 4 rings (SSSR count). The fraction of sp³-hybridized carbons (Fsp3) is 0.458. The average molecular weight is 393 g/mol. The summed E-state index contributed by atoms with van der Waals surface area (Å²) in [4.78, 5) is 22.1. The number of rotatable bonds is 6. The molecule has 2 aliphatic heterocycles. The third-order valence-corrected chi connectivity index (χ3v) is 6.12. The first-order valence-electron chi connectivity index (χ1n) is 10.9. The van der Waals surface area contributed by atoms with Crippen LogP contribution < -0.4 is 4.90 Å². The van der Waals surface area contributed by atoms with Gasteiger partial charge in [0.1, 0.15) is 0 Å². The zero-order chi connectivity index (χ0) is 19.9. The molecule has 0 radical (unpaired) electrons. The van der Waals surface area contributed by atoms with Crippen molar-refractivity contribution < 1.29 is 4.79 Å². The van der Waals surface area contributed by atoms with Gasteiger partial charge in [0, 0.05) is 63.6 Å². The number of carbonyl (C=O) groups excluding carboxylic acids is 1. The van der Waals surface area contributed by atoms with Crippen molar-refractivity contribution >= 4 is 11.6 Å². The Kier molecular flexibility index (Phi) is 6.80. The number of anilines is 1. The fourth-order valence-electron chi connectivity index (χ4n) is 4.32. The van der Waals surface area contributed by atoms with Crippen molar-refractivity contribution in [2.75, 3.05) is 70.3 Å². The van der Waals surface area contributed by atoms with Crippen LogP contribution in [-0.4, -0.2) is 86.1 Å². The SMILES string of the molecule is O=C(c1ccccc1)N1CCN(CCCN2CCN(c3ccccc3)CC2)CC1. The van der Waals surface area contributed by atoms with Crippen LogP contribution in [0.5, 0.6) is 0 Å². The second-order valence-corrected chi connectivity index (χ2v) is 8.02. The highest BCUT2D eigenvalue weighted by atomic mass is 16.2. The normalized spacial score (nSPS) is 18.8. The second-order valence-electron chi connectivity index (χ2n) is 8.02. The van der Waals surface area contributed by atoms with Crippen molar-refractivity contribution in [3.8, 4) is 0 Å². The quantitative estimate of drug-likeness (QED) is 0.756. The van der Waals surface area contributed by atoms with Crippen LogP contribution in [0.4, 0.5) is 5.69 Å². The summed E-state index contributed by atoms with van der Waals surface area (Å²) in [6.07, 6.45) is 1.21. The number of amides is 1. The molecule has 0 spiro atoms. The Labute approximate surface area is 174 Å². The first kappa shape index (κ1) is 19.9. The van der Waals surface area contributed by atoms with Gasteiger partial charge in [0.15, 0.2) is 0 Å². The second kappa shape index (κ2) is 9.90. The van der Waals surface area contributed by atoms with E-state index < -0.39 is 0 Å². The van der Waals surface area contributed by atoms with E-state index >= 15 is 0 Å². The maximum absolute atomic E-state index is 12.6. The van der Waals surface area contributed by atoms with Crippen LogP contribution in [0.1, 0.15) is 16.8 Å². The van der Waals surface area contributed by atoms with Gasteiger partial charge in [-0.3, -0.25) is 14.6 Å². The molecule has 5 nitrogen and oxygen atoms in total. The Morgan fingerprint density at radius 1 is 0.655 bits per heavy atom. The number of nitrogens with zero attached hydrogens (tertiary/aromatic N) is 4. The van der Waals surface area contributed by atoms with E-state index in [0.717, 1.165) is 64.5 Å². The van der Waals surface area contributed by atoms with Crippen molar-refractivity contribution in [3.05, 3.63) is 66.2 Å². The summed E-state index contributed by atoms with van der Waals surface area (Å²) in [5, 5.41) is 0. The maximum Gasteiger partial charge on any atom is 0.253 e. The maximum atomic E-state index is 12.6. The van der Waals surface area contributed by atoms with E-state index in [4.69, 9.17) is 0 Å². The molecule has 2 aromatic carbocycles. The molecule has 5 heteroatoms. The highest BCUT2D eigenvalue weighted by molar-refractivity contribution is 5.94. The van der Waals surface area contributed by atoms with Crippen LogP contribution in [0, 0.1) is 0 Å². The number of hydrogen-bond acceptors (Lipinski definition) is 4. The summed E-state index contributed by atoms with van der Waals surface area (Å²) in [5.74, 6) is 0.168. The molecule has 1 amide bonds. The molecule has 2 fully saturated rings. The lowest BCUT2D eigenvalue weighted by molar-refractivity contribution is 0.0631. The zero-order valence-corrected chi connectivity index (χ0v) is 17.2. The Bertz CT molecular complexity index is 751. The number of benzene rings is 2. The topological polar surface area (TPSA) is 30.0 Å². The molecular formula is C24H32N4O. The Morgan fingerprint density at radius 3 is 1.76 bits per heavy atom. The first-order valence-corrected chi connectivity index (χ1v) is 10.9. The van der Waals surface area contributed by atoms with E-state index in [1.165, 1.54) is 18.7 Å². The van der Waals surface area contributed by atoms with Gasteiger partial charge in [-0.15, -0.1) is 0 Å². The van der Waals surface area contributed by atoms with Crippen LogP contribution in [-0.2, 0) is 0 Å². The Balaban J connectivity index is 1.13. The molecule has 0 aromatic heterocycles. The summed E-state index contributed by atoms with van der Waals surface area (Å²) in [5.41, 5.74) is 2.14. The molecule has 0 unspecified atom stereocenters. The summed E-state index contributed by atoms with van der Waals surface area (Å²) in [6, 6.07) is 20.4. The molecular weight excluding hydrogens is 360 g/mol. The molecule has 0 saturated carbocycles. The number of para-hydroxylation sites is 1. The lowest BCUT2D eigenvalue weighted by Gasteiger charge is -2.37. The molecule has 2 aromatic rings. The minimum absolute atomic E-state index is 0.168. The van der Waals surface area contributed by atoms with E-state index in [0.29, 0.717) is 0 Å². The zero-order valence-electron chi connectivity index (χ0n) is 17.2. The molecule has 154 valence electrons. The van der Waals surface area contributed by atoms with Gasteiger partial charge in [0.2, 0.25) is 0 Å². The average Bonchev–Trinajstić information content (AvgIpc) is 2.81. The largest absolute Gasteiger partial charge is 0.369 e. The summed E-state index contributed by atoms with van der Waals surface area (Å²) >= 11 is 0. The smallest absolute Gasteiger partial charge is 0.253 e. The van der Waals surface area contributed by atoms with Gasteiger partial charge in [-0.2, -0.15) is 0 Å². The summed E-state index contributed by atoms with van der Waals surface area (Å²) < 4.78 is 0. The van der Waals surface area contributed by atoms with Crippen molar-refractivity contribution in [3.63, 3.8) is 0 Å². The van der Waals surface area contributed by atoms with Crippen molar-refractivity contribution in [1.29, 1.82) is 0 Å². The minimum atomic E-state index is 0.168. The van der Waals surface area contributed by atoms with E-state index in [9.17, 15) is 4.79 Å². The van der Waals surface area contributed by atoms with Crippen molar-refractivity contribution in [1.82, 2.24) is 14.7 Å². The van der Waals surface area contributed by atoms with Gasteiger partial charge in [-0.05, 0) is 43.8 Å². The summed E-state index contributed by atoms with van der Waals surface area (Å²) in [7, 11) is 0. The number of hydrogen-bond donors (Lipinski definition) is 0. The van der Waals surface area contributed by atoms with Gasteiger partial charge < -0.3 is 9.80 Å².